The Morgan fingerprint density at radius 3 is 3.08 bits per heavy atom. The Bertz CT molecular complexity index is 388. The second-order valence-corrected chi connectivity index (χ2v) is 3.10. The highest BCUT2D eigenvalue weighted by molar-refractivity contribution is 6.13. The van der Waals surface area contributed by atoms with Gasteiger partial charge in [-0.1, -0.05) is 17.7 Å². The van der Waals surface area contributed by atoms with Crippen molar-refractivity contribution >= 4 is 11.6 Å². The van der Waals surface area contributed by atoms with Crippen molar-refractivity contribution in [2.24, 2.45) is 10.9 Å². The SMILES string of the molecule is CC1=CC(=O)N=C2C(F)=CC=CC12. The highest BCUT2D eigenvalue weighted by Crippen LogP contribution is 2.26. The number of aliphatic imine (C=N–C) groups is 1. The topological polar surface area (TPSA) is 29.4 Å². The van der Waals surface area contributed by atoms with Crippen LogP contribution in [-0.4, -0.2) is 11.6 Å². The molecule has 0 spiro atoms. The van der Waals surface area contributed by atoms with Crippen LogP contribution in [0, 0.1) is 5.92 Å². The number of nitrogens with zero attached hydrogens (tertiary/aromatic N) is 1. The molecule has 0 saturated carbocycles. The van der Waals surface area contributed by atoms with Crippen molar-refractivity contribution < 1.29 is 9.18 Å². The number of rotatable bonds is 0. The molecule has 2 rings (SSSR count). The third-order valence-corrected chi connectivity index (χ3v) is 2.16. The van der Waals surface area contributed by atoms with Crippen molar-refractivity contribution in [3.63, 3.8) is 0 Å². The fourth-order valence-corrected chi connectivity index (χ4v) is 1.50. The number of dihydropyridines is 1. The molecule has 66 valence electrons. The molecule has 0 aromatic rings. The summed E-state index contributed by atoms with van der Waals surface area (Å²) in [6, 6.07) is 0. The van der Waals surface area contributed by atoms with Crippen LogP contribution in [-0.2, 0) is 4.79 Å². The lowest BCUT2D eigenvalue weighted by atomic mass is 9.88. The molecule has 0 N–H and O–H groups in total. The van der Waals surface area contributed by atoms with Crippen molar-refractivity contribution in [3.8, 4) is 0 Å². The molecule has 0 saturated heterocycles. The maximum atomic E-state index is 13.2. The largest absolute Gasteiger partial charge is 0.270 e. The summed E-state index contributed by atoms with van der Waals surface area (Å²) in [6.07, 6.45) is 6.24. The van der Waals surface area contributed by atoms with Gasteiger partial charge in [-0.25, -0.2) is 9.38 Å². The van der Waals surface area contributed by atoms with Gasteiger partial charge in [-0.2, -0.15) is 0 Å². The first-order valence-electron chi connectivity index (χ1n) is 4.03. The van der Waals surface area contributed by atoms with E-state index in [1.54, 1.807) is 13.0 Å². The second-order valence-electron chi connectivity index (χ2n) is 3.10. The zero-order valence-corrected chi connectivity index (χ0v) is 7.12. The van der Waals surface area contributed by atoms with E-state index in [0.29, 0.717) is 0 Å². The van der Waals surface area contributed by atoms with Crippen LogP contribution in [0.4, 0.5) is 4.39 Å². The number of allylic oxidation sites excluding steroid dienone is 5. The molecule has 13 heavy (non-hydrogen) atoms. The molecular weight excluding hydrogens is 169 g/mol. The van der Waals surface area contributed by atoms with Gasteiger partial charge in [0, 0.05) is 12.0 Å². The van der Waals surface area contributed by atoms with Crippen molar-refractivity contribution in [1.29, 1.82) is 0 Å². The highest BCUT2D eigenvalue weighted by atomic mass is 19.1. The number of hydrogen-bond acceptors (Lipinski definition) is 1. The van der Waals surface area contributed by atoms with E-state index >= 15 is 0 Å². The third-order valence-electron chi connectivity index (χ3n) is 2.16. The summed E-state index contributed by atoms with van der Waals surface area (Å²) in [6.45, 7) is 1.81. The van der Waals surface area contributed by atoms with Gasteiger partial charge in [0.05, 0.1) is 5.71 Å². The molecular formula is C10H8FNO. The van der Waals surface area contributed by atoms with Gasteiger partial charge in [-0.05, 0) is 13.0 Å². The monoisotopic (exact) mass is 177 g/mol. The highest BCUT2D eigenvalue weighted by Gasteiger charge is 2.25. The van der Waals surface area contributed by atoms with Crippen LogP contribution in [0.25, 0.3) is 0 Å². The molecule has 0 fully saturated rings. The summed E-state index contributed by atoms with van der Waals surface area (Å²) in [5, 5.41) is 0. The van der Waals surface area contributed by atoms with Crippen LogP contribution in [0.1, 0.15) is 6.92 Å². The molecule has 0 bridgehead atoms. The molecule has 1 amide bonds. The predicted octanol–water partition coefficient (Wildman–Crippen LogP) is 1.95. The smallest absolute Gasteiger partial charge is 0.267 e. The van der Waals surface area contributed by atoms with E-state index in [-0.39, 0.29) is 17.5 Å². The van der Waals surface area contributed by atoms with Crippen LogP contribution in [0.2, 0.25) is 0 Å². The van der Waals surface area contributed by atoms with Crippen LogP contribution in [0.3, 0.4) is 0 Å². The average molecular weight is 177 g/mol. The van der Waals surface area contributed by atoms with Gasteiger partial charge in [-0.3, -0.25) is 4.79 Å². The molecule has 3 heteroatoms. The number of fused-ring (bicyclic) bond motifs is 1. The fourth-order valence-electron chi connectivity index (χ4n) is 1.50. The molecule has 1 heterocycles. The molecule has 0 aromatic heterocycles. The van der Waals surface area contributed by atoms with E-state index in [1.165, 1.54) is 12.2 Å². The zero-order chi connectivity index (χ0) is 9.42. The summed E-state index contributed by atoms with van der Waals surface area (Å²) in [4.78, 5) is 14.6. The lowest BCUT2D eigenvalue weighted by molar-refractivity contribution is -0.113. The van der Waals surface area contributed by atoms with Gasteiger partial charge in [0.15, 0.2) is 0 Å². The Morgan fingerprint density at radius 1 is 1.54 bits per heavy atom. The summed E-state index contributed by atoms with van der Waals surface area (Å²) < 4.78 is 13.2. The fraction of sp³-hybridized carbons (Fsp3) is 0.200. The molecule has 0 aromatic carbocycles. The lowest BCUT2D eigenvalue weighted by Gasteiger charge is -2.20. The Morgan fingerprint density at radius 2 is 2.31 bits per heavy atom. The number of halogens is 1. The normalized spacial score (nSPS) is 26.2. The molecule has 1 aliphatic heterocycles. The van der Waals surface area contributed by atoms with E-state index in [1.807, 2.05) is 6.08 Å². The lowest BCUT2D eigenvalue weighted by Crippen LogP contribution is -2.22. The van der Waals surface area contributed by atoms with Gasteiger partial charge in [0.1, 0.15) is 5.83 Å². The molecule has 1 aliphatic carbocycles. The van der Waals surface area contributed by atoms with Crippen LogP contribution < -0.4 is 0 Å². The Balaban J connectivity index is 2.48. The molecule has 0 radical (unpaired) electrons. The third kappa shape index (κ3) is 1.26. The quantitative estimate of drug-likeness (QED) is 0.556. The van der Waals surface area contributed by atoms with E-state index in [0.717, 1.165) is 5.57 Å². The van der Waals surface area contributed by atoms with Crippen molar-refractivity contribution in [1.82, 2.24) is 0 Å². The molecule has 1 unspecified atom stereocenters. The second kappa shape index (κ2) is 2.76. The first-order chi connectivity index (χ1) is 6.18. The van der Waals surface area contributed by atoms with Crippen molar-refractivity contribution in [3.05, 3.63) is 35.7 Å². The van der Waals surface area contributed by atoms with Gasteiger partial charge in [-0.15, -0.1) is 0 Å². The Kier molecular flexibility index (Phi) is 1.72. The van der Waals surface area contributed by atoms with E-state index in [4.69, 9.17) is 0 Å². The van der Waals surface area contributed by atoms with Crippen LogP contribution in [0.15, 0.2) is 40.7 Å². The Hall–Kier alpha value is -1.51. The summed E-state index contributed by atoms with van der Waals surface area (Å²) in [5.41, 5.74) is 1.09. The Labute approximate surface area is 75.2 Å². The standard InChI is InChI=1S/C10H8FNO/c1-6-5-9(13)12-10-7(6)3-2-4-8(10)11/h2-5,7H,1H3. The van der Waals surface area contributed by atoms with Gasteiger partial charge in [0.2, 0.25) is 0 Å². The van der Waals surface area contributed by atoms with Crippen molar-refractivity contribution in [2.45, 2.75) is 6.92 Å². The van der Waals surface area contributed by atoms with E-state index < -0.39 is 5.83 Å². The minimum atomic E-state index is -0.409. The number of hydrogen-bond donors (Lipinski definition) is 0. The number of carbonyl (C=O) groups excluding carboxylic acids is 1. The first kappa shape index (κ1) is 8.10. The minimum absolute atomic E-state index is 0.150. The zero-order valence-electron chi connectivity index (χ0n) is 7.12. The average Bonchev–Trinajstić information content (AvgIpc) is 2.07. The van der Waals surface area contributed by atoms with Crippen LogP contribution in [0.5, 0.6) is 0 Å². The molecule has 2 nitrogen and oxygen atoms in total. The minimum Gasteiger partial charge on any atom is -0.267 e. The number of amides is 1. The van der Waals surface area contributed by atoms with Crippen LogP contribution >= 0.6 is 0 Å². The van der Waals surface area contributed by atoms with E-state index in [9.17, 15) is 9.18 Å². The van der Waals surface area contributed by atoms with E-state index in [2.05, 4.69) is 4.99 Å². The predicted molar refractivity (Wildman–Crippen MR) is 48.0 cm³/mol. The summed E-state index contributed by atoms with van der Waals surface area (Å²) in [7, 11) is 0. The van der Waals surface area contributed by atoms with Gasteiger partial charge >= 0.3 is 0 Å². The summed E-state index contributed by atoms with van der Waals surface area (Å²) >= 11 is 0. The molecule has 1 atom stereocenters. The summed E-state index contributed by atoms with van der Waals surface area (Å²) in [5.74, 6) is -0.932. The van der Waals surface area contributed by atoms with Gasteiger partial charge in [0.25, 0.3) is 5.91 Å². The first-order valence-corrected chi connectivity index (χ1v) is 4.03. The maximum absolute atomic E-state index is 13.2. The van der Waals surface area contributed by atoms with Crippen molar-refractivity contribution in [2.75, 3.05) is 0 Å². The number of carbonyl (C=O) groups is 1. The molecule has 2 aliphatic rings. The maximum Gasteiger partial charge on any atom is 0.270 e. The van der Waals surface area contributed by atoms with Gasteiger partial charge < -0.3 is 0 Å².